The van der Waals surface area contributed by atoms with Crippen molar-refractivity contribution in [2.45, 2.75) is 19.9 Å². The minimum absolute atomic E-state index is 0.434. The van der Waals surface area contributed by atoms with Crippen molar-refractivity contribution in [1.29, 1.82) is 0 Å². The molecule has 3 nitrogen and oxygen atoms in total. The van der Waals surface area contributed by atoms with E-state index in [0.717, 1.165) is 31.9 Å². The van der Waals surface area contributed by atoms with Crippen molar-refractivity contribution in [3.63, 3.8) is 0 Å². The Bertz CT molecular complexity index is 317. The Morgan fingerprint density at radius 1 is 1.50 bits per heavy atom. The molecule has 1 N–H and O–H groups in total. The maximum absolute atomic E-state index is 4.36. The van der Waals surface area contributed by atoms with Crippen LogP contribution in [0.25, 0.3) is 0 Å². The Morgan fingerprint density at radius 3 is 3.00 bits per heavy atom. The molecule has 0 aliphatic carbocycles. The molecule has 2 heterocycles. The van der Waals surface area contributed by atoms with E-state index >= 15 is 0 Å². The summed E-state index contributed by atoms with van der Waals surface area (Å²) in [4.78, 5) is 6.73. The average molecular weight is 219 g/mol. The first kappa shape index (κ1) is 11.6. The Morgan fingerprint density at radius 2 is 2.38 bits per heavy atom. The minimum Gasteiger partial charge on any atom is -0.316 e. The molecule has 0 amide bonds. The molecule has 0 spiro atoms. The quantitative estimate of drug-likeness (QED) is 0.832. The molecule has 1 aliphatic heterocycles. The van der Waals surface area contributed by atoms with E-state index < -0.39 is 0 Å². The predicted molar refractivity (Wildman–Crippen MR) is 66.2 cm³/mol. The zero-order valence-electron chi connectivity index (χ0n) is 10.2. The lowest BCUT2D eigenvalue weighted by atomic mass is 9.89. The number of hydrogen-bond donors (Lipinski definition) is 1. The molecule has 1 saturated heterocycles. The third-order valence-corrected chi connectivity index (χ3v) is 3.27. The van der Waals surface area contributed by atoms with E-state index in [-0.39, 0.29) is 0 Å². The molecule has 16 heavy (non-hydrogen) atoms. The minimum atomic E-state index is 0.434. The highest BCUT2D eigenvalue weighted by Gasteiger charge is 2.29. The molecule has 1 atom stereocenters. The Kier molecular flexibility index (Phi) is 3.56. The van der Waals surface area contributed by atoms with Crippen LogP contribution in [0.1, 0.15) is 19.0 Å². The van der Waals surface area contributed by atoms with E-state index in [9.17, 15) is 0 Å². The van der Waals surface area contributed by atoms with Gasteiger partial charge in [-0.25, -0.2) is 0 Å². The normalized spacial score (nSPS) is 25.2. The molecule has 1 aromatic rings. The maximum atomic E-state index is 4.36. The first-order valence-corrected chi connectivity index (χ1v) is 5.97. The smallest absolute Gasteiger partial charge is 0.0543 e. The van der Waals surface area contributed by atoms with Crippen LogP contribution < -0.4 is 5.32 Å². The average Bonchev–Trinajstić information content (AvgIpc) is 2.66. The summed E-state index contributed by atoms with van der Waals surface area (Å²) in [6.45, 7) is 6.74. The van der Waals surface area contributed by atoms with Crippen LogP contribution in [0, 0.1) is 5.41 Å². The van der Waals surface area contributed by atoms with Crippen LogP contribution in [-0.2, 0) is 6.54 Å². The molecular weight excluding hydrogens is 198 g/mol. The highest BCUT2D eigenvalue weighted by molar-refractivity contribution is 5.03. The van der Waals surface area contributed by atoms with E-state index in [1.165, 1.54) is 6.42 Å². The third kappa shape index (κ3) is 3.03. The SMILES string of the molecule is CN(Cc1ccccn1)CC1(C)CCNC1. The molecule has 2 rings (SSSR count). The topological polar surface area (TPSA) is 28.2 Å². The Labute approximate surface area is 97.9 Å². The fourth-order valence-corrected chi connectivity index (χ4v) is 2.48. The molecule has 1 unspecified atom stereocenters. The molecule has 3 heteroatoms. The lowest BCUT2D eigenvalue weighted by Crippen LogP contribution is -2.34. The number of hydrogen-bond acceptors (Lipinski definition) is 3. The van der Waals surface area contributed by atoms with Gasteiger partial charge in [0, 0.05) is 25.8 Å². The third-order valence-electron chi connectivity index (χ3n) is 3.27. The second-order valence-electron chi connectivity index (χ2n) is 5.23. The van der Waals surface area contributed by atoms with Gasteiger partial charge < -0.3 is 5.32 Å². The summed E-state index contributed by atoms with van der Waals surface area (Å²) in [5.41, 5.74) is 1.59. The van der Waals surface area contributed by atoms with E-state index in [0.29, 0.717) is 5.41 Å². The molecule has 0 bridgehead atoms. The van der Waals surface area contributed by atoms with Gasteiger partial charge in [0.1, 0.15) is 0 Å². The number of rotatable bonds is 4. The fraction of sp³-hybridized carbons (Fsp3) is 0.615. The van der Waals surface area contributed by atoms with Crippen molar-refractivity contribution in [2.75, 3.05) is 26.7 Å². The lowest BCUT2D eigenvalue weighted by Gasteiger charge is -2.28. The van der Waals surface area contributed by atoms with E-state index in [2.05, 4.69) is 41.3 Å². The number of nitrogens with zero attached hydrogens (tertiary/aromatic N) is 2. The molecular formula is C13H21N3. The van der Waals surface area contributed by atoms with Crippen molar-refractivity contribution in [1.82, 2.24) is 15.2 Å². The highest BCUT2D eigenvalue weighted by Crippen LogP contribution is 2.25. The predicted octanol–water partition coefficient (Wildman–Crippen LogP) is 1.51. The zero-order chi connectivity index (χ0) is 11.4. The van der Waals surface area contributed by atoms with E-state index in [1.54, 1.807) is 0 Å². The highest BCUT2D eigenvalue weighted by atomic mass is 15.1. The lowest BCUT2D eigenvalue weighted by molar-refractivity contribution is 0.202. The summed E-state index contributed by atoms with van der Waals surface area (Å²) in [7, 11) is 2.18. The summed E-state index contributed by atoms with van der Waals surface area (Å²) in [5, 5.41) is 3.44. The van der Waals surface area contributed by atoms with Crippen LogP contribution >= 0.6 is 0 Å². The molecule has 0 saturated carbocycles. The van der Waals surface area contributed by atoms with Crippen LogP contribution in [0.3, 0.4) is 0 Å². The van der Waals surface area contributed by atoms with E-state index in [4.69, 9.17) is 0 Å². The second-order valence-corrected chi connectivity index (χ2v) is 5.23. The van der Waals surface area contributed by atoms with Gasteiger partial charge in [0.2, 0.25) is 0 Å². The Balaban J connectivity index is 1.86. The molecule has 0 radical (unpaired) electrons. The molecule has 0 aromatic carbocycles. The summed E-state index contributed by atoms with van der Waals surface area (Å²) in [6.07, 6.45) is 3.14. The van der Waals surface area contributed by atoms with Crippen LogP contribution in [0.5, 0.6) is 0 Å². The van der Waals surface area contributed by atoms with Crippen LogP contribution in [0.2, 0.25) is 0 Å². The number of nitrogens with one attached hydrogen (secondary N) is 1. The first-order chi connectivity index (χ1) is 7.68. The van der Waals surface area contributed by atoms with Crippen molar-refractivity contribution in [3.8, 4) is 0 Å². The summed E-state index contributed by atoms with van der Waals surface area (Å²) >= 11 is 0. The monoisotopic (exact) mass is 219 g/mol. The number of pyridine rings is 1. The first-order valence-electron chi connectivity index (χ1n) is 5.97. The van der Waals surface area contributed by atoms with Crippen molar-refractivity contribution in [2.24, 2.45) is 5.41 Å². The summed E-state index contributed by atoms with van der Waals surface area (Å²) in [5.74, 6) is 0. The molecule has 1 aliphatic rings. The summed E-state index contributed by atoms with van der Waals surface area (Å²) < 4.78 is 0. The van der Waals surface area contributed by atoms with Gasteiger partial charge in [-0.15, -0.1) is 0 Å². The van der Waals surface area contributed by atoms with Gasteiger partial charge in [0.25, 0.3) is 0 Å². The maximum Gasteiger partial charge on any atom is 0.0543 e. The van der Waals surface area contributed by atoms with Gasteiger partial charge in [0.15, 0.2) is 0 Å². The van der Waals surface area contributed by atoms with Gasteiger partial charge >= 0.3 is 0 Å². The zero-order valence-corrected chi connectivity index (χ0v) is 10.2. The van der Waals surface area contributed by atoms with E-state index in [1.807, 2.05) is 12.3 Å². The largest absolute Gasteiger partial charge is 0.316 e. The standard InChI is InChI=1S/C13H21N3/c1-13(6-8-14-10-13)11-16(2)9-12-5-3-4-7-15-12/h3-5,7,14H,6,8-11H2,1-2H3. The van der Waals surface area contributed by atoms with Gasteiger partial charge in [0.05, 0.1) is 5.69 Å². The molecule has 88 valence electrons. The second kappa shape index (κ2) is 4.93. The van der Waals surface area contributed by atoms with Gasteiger partial charge in [-0.1, -0.05) is 13.0 Å². The van der Waals surface area contributed by atoms with Crippen molar-refractivity contribution < 1.29 is 0 Å². The molecule has 1 aromatic heterocycles. The van der Waals surface area contributed by atoms with Crippen LogP contribution in [-0.4, -0.2) is 36.6 Å². The van der Waals surface area contributed by atoms with Crippen LogP contribution in [0.4, 0.5) is 0 Å². The fourth-order valence-electron chi connectivity index (χ4n) is 2.48. The summed E-state index contributed by atoms with van der Waals surface area (Å²) in [6, 6.07) is 6.10. The Hall–Kier alpha value is -0.930. The van der Waals surface area contributed by atoms with Gasteiger partial charge in [-0.3, -0.25) is 9.88 Å². The van der Waals surface area contributed by atoms with Crippen molar-refractivity contribution in [3.05, 3.63) is 30.1 Å². The van der Waals surface area contributed by atoms with Gasteiger partial charge in [-0.05, 0) is 37.6 Å². The molecule has 1 fully saturated rings. The van der Waals surface area contributed by atoms with Gasteiger partial charge in [-0.2, -0.15) is 0 Å². The van der Waals surface area contributed by atoms with Crippen LogP contribution in [0.15, 0.2) is 24.4 Å². The van der Waals surface area contributed by atoms with Crippen molar-refractivity contribution >= 4 is 0 Å². The number of aromatic nitrogens is 1.